The van der Waals surface area contributed by atoms with E-state index < -0.39 is 23.5 Å². The molecule has 0 unspecified atom stereocenters. The lowest BCUT2D eigenvalue weighted by Crippen LogP contribution is -2.29. The van der Waals surface area contributed by atoms with Crippen molar-refractivity contribution in [3.05, 3.63) is 53.5 Å². The lowest BCUT2D eigenvalue weighted by Gasteiger charge is -2.10. The highest BCUT2D eigenvalue weighted by molar-refractivity contribution is 5.94. The van der Waals surface area contributed by atoms with Crippen molar-refractivity contribution in [2.75, 3.05) is 25.5 Å². The third-order valence-electron chi connectivity index (χ3n) is 3.22. The van der Waals surface area contributed by atoms with E-state index in [2.05, 4.69) is 15.6 Å². The van der Waals surface area contributed by atoms with Crippen LogP contribution >= 0.6 is 0 Å². The third kappa shape index (κ3) is 5.07. The Morgan fingerprint density at radius 1 is 1.20 bits per heavy atom. The smallest absolute Gasteiger partial charge is 0.417 e. The van der Waals surface area contributed by atoms with Crippen molar-refractivity contribution in [2.45, 2.75) is 6.18 Å². The van der Waals surface area contributed by atoms with Crippen molar-refractivity contribution in [1.29, 1.82) is 0 Å². The third-order valence-corrected chi connectivity index (χ3v) is 3.22. The molecule has 134 valence electrons. The van der Waals surface area contributed by atoms with Gasteiger partial charge in [-0.3, -0.25) is 4.79 Å². The van der Waals surface area contributed by atoms with Crippen molar-refractivity contribution in [3.8, 4) is 5.75 Å². The lowest BCUT2D eigenvalue weighted by molar-refractivity contribution is -0.137. The summed E-state index contributed by atoms with van der Waals surface area (Å²) in [6, 6.07) is 5.92. The van der Waals surface area contributed by atoms with Gasteiger partial charge in [0.2, 0.25) is 0 Å². The zero-order valence-electron chi connectivity index (χ0n) is 13.2. The first kappa shape index (κ1) is 18.5. The number of nitrogens with one attached hydrogen (secondary N) is 2. The van der Waals surface area contributed by atoms with Crippen LogP contribution in [0.2, 0.25) is 0 Å². The normalized spacial score (nSPS) is 11.1. The van der Waals surface area contributed by atoms with Crippen LogP contribution in [0, 0.1) is 5.82 Å². The number of halogens is 4. The second-order valence-electron chi connectivity index (χ2n) is 4.96. The van der Waals surface area contributed by atoms with E-state index in [0.717, 1.165) is 18.3 Å². The Kier molecular flexibility index (Phi) is 5.79. The molecule has 0 saturated heterocycles. The van der Waals surface area contributed by atoms with Crippen molar-refractivity contribution >= 4 is 11.7 Å². The Labute approximate surface area is 141 Å². The quantitative estimate of drug-likeness (QED) is 0.616. The van der Waals surface area contributed by atoms with Crippen LogP contribution in [-0.4, -0.2) is 31.1 Å². The number of benzene rings is 1. The predicted molar refractivity (Wildman–Crippen MR) is 83.0 cm³/mol. The summed E-state index contributed by atoms with van der Waals surface area (Å²) in [5, 5.41) is 5.33. The molecule has 9 heteroatoms. The Hall–Kier alpha value is -2.84. The molecule has 0 radical (unpaired) electrons. The number of rotatable bonds is 6. The monoisotopic (exact) mass is 357 g/mol. The number of anilines is 1. The van der Waals surface area contributed by atoms with E-state index >= 15 is 0 Å². The molecule has 0 saturated carbocycles. The molecule has 1 aromatic carbocycles. The number of methoxy groups -OCH3 is 1. The minimum Gasteiger partial charge on any atom is -0.494 e. The number of hydrogen-bond acceptors (Lipinski definition) is 4. The van der Waals surface area contributed by atoms with E-state index in [9.17, 15) is 22.4 Å². The summed E-state index contributed by atoms with van der Waals surface area (Å²) in [4.78, 5) is 15.5. The van der Waals surface area contributed by atoms with Crippen molar-refractivity contribution < 1.29 is 27.1 Å². The largest absolute Gasteiger partial charge is 0.494 e. The second-order valence-corrected chi connectivity index (χ2v) is 4.96. The summed E-state index contributed by atoms with van der Waals surface area (Å²) < 4.78 is 55.5. The van der Waals surface area contributed by atoms with Gasteiger partial charge in [0.1, 0.15) is 5.82 Å². The van der Waals surface area contributed by atoms with Gasteiger partial charge in [-0.05, 0) is 30.3 Å². The first-order valence-corrected chi connectivity index (χ1v) is 7.20. The molecule has 0 fully saturated rings. The van der Waals surface area contributed by atoms with Gasteiger partial charge in [0.25, 0.3) is 5.91 Å². The number of carbonyl (C=O) groups is 1. The van der Waals surface area contributed by atoms with Gasteiger partial charge in [-0.25, -0.2) is 9.37 Å². The van der Waals surface area contributed by atoms with E-state index in [0.29, 0.717) is 0 Å². The fourth-order valence-electron chi connectivity index (χ4n) is 1.94. The van der Waals surface area contributed by atoms with Crippen molar-refractivity contribution in [3.63, 3.8) is 0 Å². The number of aromatic nitrogens is 1. The standard InChI is InChI=1S/C16H15F4N3O2/c1-25-13-4-2-10(8-12(13)17)15(24)22-7-6-21-14-5-3-11(9-23-14)16(18,19)20/h2-5,8-9H,6-7H2,1H3,(H,21,23)(H,22,24). The second kappa shape index (κ2) is 7.82. The molecule has 5 nitrogen and oxygen atoms in total. The minimum absolute atomic E-state index is 0.0339. The van der Waals surface area contributed by atoms with E-state index in [1.807, 2.05) is 0 Å². The maximum atomic E-state index is 13.5. The molecule has 0 atom stereocenters. The highest BCUT2D eigenvalue weighted by atomic mass is 19.4. The number of alkyl halides is 3. The van der Waals surface area contributed by atoms with E-state index in [1.54, 1.807) is 0 Å². The summed E-state index contributed by atoms with van der Waals surface area (Å²) in [5.41, 5.74) is -0.709. The molecule has 0 spiro atoms. The van der Waals surface area contributed by atoms with Gasteiger partial charge in [0.05, 0.1) is 12.7 Å². The van der Waals surface area contributed by atoms with Crippen LogP contribution in [0.25, 0.3) is 0 Å². The topological polar surface area (TPSA) is 63.2 Å². The molecule has 0 bridgehead atoms. The first-order chi connectivity index (χ1) is 11.8. The summed E-state index contributed by atoms with van der Waals surface area (Å²) in [6.07, 6.45) is -3.71. The van der Waals surface area contributed by atoms with Gasteiger partial charge in [0.15, 0.2) is 11.6 Å². The molecule has 2 N–H and O–H groups in total. The number of ether oxygens (including phenoxy) is 1. The Morgan fingerprint density at radius 2 is 1.96 bits per heavy atom. The average molecular weight is 357 g/mol. The highest BCUT2D eigenvalue weighted by Crippen LogP contribution is 2.28. The SMILES string of the molecule is COc1ccc(C(=O)NCCNc2ccc(C(F)(F)F)cn2)cc1F. The van der Waals surface area contributed by atoms with E-state index in [1.165, 1.54) is 25.3 Å². The van der Waals surface area contributed by atoms with E-state index in [4.69, 9.17) is 4.74 Å². The number of hydrogen-bond donors (Lipinski definition) is 2. The van der Waals surface area contributed by atoms with Crippen molar-refractivity contribution in [1.82, 2.24) is 10.3 Å². The van der Waals surface area contributed by atoms with Gasteiger partial charge in [-0.1, -0.05) is 0 Å². The maximum absolute atomic E-state index is 13.5. The molecule has 2 rings (SSSR count). The maximum Gasteiger partial charge on any atom is 0.417 e. The number of carbonyl (C=O) groups excluding carboxylic acids is 1. The molecular formula is C16H15F4N3O2. The fraction of sp³-hybridized carbons (Fsp3) is 0.250. The molecule has 0 aliphatic rings. The summed E-state index contributed by atoms with van der Waals surface area (Å²) in [6.45, 7) is 0.415. The molecule has 25 heavy (non-hydrogen) atoms. The Morgan fingerprint density at radius 3 is 2.52 bits per heavy atom. The van der Waals surface area contributed by atoms with Crippen LogP contribution in [0.1, 0.15) is 15.9 Å². The van der Waals surface area contributed by atoms with Gasteiger partial charge >= 0.3 is 6.18 Å². The highest BCUT2D eigenvalue weighted by Gasteiger charge is 2.30. The van der Waals surface area contributed by atoms with Gasteiger partial charge < -0.3 is 15.4 Å². The molecule has 2 aromatic rings. The van der Waals surface area contributed by atoms with Crippen LogP contribution in [-0.2, 0) is 6.18 Å². The summed E-state index contributed by atoms with van der Waals surface area (Å²) >= 11 is 0. The zero-order valence-corrected chi connectivity index (χ0v) is 13.2. The Bertz CT molecular complexity index is 733. The van der Waals surface area contributed by atoms with Crippen molar-refractivity contribution in [2.24, 2.45) is 0 Å². The van der Waals surface area contributed by atoms with Gasteiger partial charge in [0, 0.05) is 24.8 Å². The lowest BCUT2D eigenvalue weighted by atomic mass is 10.2. The van der Waals surface area contributed by atoms with Crippen LogP contribution in [0.4, 0.5) is 23.4 Å². The predicted octanol–water partition coefficient (Wildman–Crippen LogP) is 3.09. The minimum atomic E-state index is -4.44. The summed E-state index contributed by atoms with van der Waals surface area (Å²) in [7, 11) is 1.32. The van der Waals surface area contributed by atoms with Crippen LogP contribution in [0.5, 0.6) is 5.75 Å². The fourth-order valence-corrected chi connectivity index (χ4v) is 1.94. The van der Waals surface area contributed by atoms with Crippen LogP contribution in [0.15, 0.2) is 36.5 Å². The van der Waals surface area contributed by atoms with Crippen LogP contribution < -0.4 is 15.4 Å². The van der Waals surface area contributed by atoms with Crippen LogP contribution in [0.3, 0.4) is 0 Å². The summed E-state index contributed by atoms with van der Waals surface area (Å²) in [5.74, 6) is -0.852. The Balaban J connectivity index is 1.81. The average Bonchev–Trinajstić information content (AvgIpc) is 2.58. The molecule has 0 aliphatic heterocycles. The molecular weight excluding hydrogens is 342 g/mol. The number of amides is 1. The first-order valence-electron chi connectivity index (χ1n) is 7.20. The molecule has 1 amide bonds. The molecule has 1 aromatic heterocycles. The number of nitrogens with zero attached hydrogens (tertiary/aromatic N) is 1. The van der Waals surface area contributed by atoms with E-state index in [-0.39, 0.29) is 30.2 Å². The number of pyridine rings is 1. The van der Waals surface area contributed by atoms with Gasteiger partial charge in [-0.15, -0.1) is 0 Å². The zero-order chi connectivity index (χ0) is 18.4. The molecule has 0 aliphatic carbocycles. The molecule has 1 heterocycles. The van der Waals surface area contributed by atoms with Gasteiger partial charge in [-0.2, -0.15) is 13.2 Å².